The average molecular weight is 584 g/mol. The Morgan fingerprint density at radius 2 is 1.80 bits per heavy atom. The number of hydrogen-bond donors (Lipinski definition) is 2. The van der Waals surface area contributed by atoms with Crippen LogP contribution in [0.15, 0.2) is 29.4 Å². The van der Waals surface area contributed by atoms with E-state index in [0.717, 1.165) is 32.0 Å². The predicted octanol–water partition coefficient (Wildman–Crippen LogP) is 1.98. The van der Waals surface area contributed by atoms with E-state index in [4.69, 9.17) is 9.47 Å². The van der Waals surface area contributed by atoms with Crippen molar-refractivity contribution >= 4 is 21.8 Å². The first-order valence-electron chi connectivity index (χ1n) is 13.5. The van der Waals surface area contributed by atoms with E-state index in [1.807, 2.05) is 0 Å². The molecule has 2 unspecified atom stereocenters. The molecular formula is C25H32F3N7O4S. The van der Waals surface area contributed by atoms with Crippen LogP contribution in [0.5, 0.6) is 5.88 Å². The first kappa shape index (κ1) is 27.4. The molecule has 3 atom stereocenters. The molecule has 4 aliphatic heterocycles. The molecule has 0 spiro atoms. The summed E-state index contributed by atoms with van der Waals surface area (Å²) >= 11 is 0. The van der Waals surface area contributed by atoms with Gasteiger partial charge in [-0.05, 0) is 36.8 Å². The largest absolute Gasteiger partial charge is 0.471 e. The second-order valence-corrected chi connectivity index (χ2v) is 12.7. The summed E-state index contributed by atoms with van der Waals surface area (Å²) in [7, 11) is -3.73. The molecule has 0 aliphatic carbocycles. The van der Waals surface area contributed by atoms with Gasteiger partial charge in [0.2, 0.25) is 21.9 Å². The Labute approximate surface area is 230 Å². The maximum Gasteiger partial charge on any atom is 0.423 e. The number of fused-ring (bicyclic) bond motifs is 1. The van der Waals surface area contributed by atoms with Crippen LogP contribution in [0.25, 0.3) is 0 Å². The summed E-state index contributed by atoms with van der Waals surface area (Å²) < 4.78 is 79.1. The zero-order valence-electron chi connectivity index (χ0n) is 21.8. The highest BCUT2D eigenvalue weighted by molar-refractivity contribution is 7.89. The lowest BCUT2D eigenvalue weighted by Gasteiger charge is -2.31. The minimum absolute atomic E-state index is 0.00449. The number of aromatic nitrogens is 3. The van der Waals surface area contributed by atoms with Crippen molar-refractivity contribution < 1.29 is 31.1 Å². The van der Waals surface area contributed by atoms with Crippen molar-refractivity contribution in [2.24, 2.45) is 11.8 Å². The maximum absolute atomic E-state index is 13.5. The molecule has 0 aromatic carbocycles. The number of nitrogens with zero attached hydrogens (tertiary/aromatic N) is 5. The van der Waals surface area contributed by atoms with E-state index in [0.29, 0.717) is 43.9 Å². The number of sulfonamides is 1. The summed E-state index contributed by atoms with van der Waals surface area (Å²) in [4.78, 5) is 14.7. The highest BCUT2D eigenvalue weighted by Crippen LogP contribution is 2.36. The van der Waals surface area contributed by atoms with Crippen LogP contribution in [-0.4, -0.2) is 92.3 Å². The zero-order valence-corrected chi connectivity index (χ0v) is 22.6. The van der Waals surface area contributed by atoms with E-state index in [-0.39, 0.29) is 36.6 Å². The van der Waals surface area contributed by atoms with Crippen LogP contribution in [0.4, 0.5) is 24.9 Å². The molecule has 218 valence electrons. The Kier molecular flexibility index (Phi) is 7.48. The number of anilines is 2. The number of piperidine rings is 1. The van der Waals surface area contributed by atoms with Gasteiger partial charge in [-0.2, -0.15) is 22.5 Å². The first-order chi connectivity index (χ1) is 19.2. The molecule has 40 heavy (non-hydrogen) atoms. The van der Waals surface area contributed by atoms with Gasteiger partial charge in [-0.25, -0.2) is 18.4 Å². The van der Waals surface area contributed by atoms with Gasteiger partial charge in [0.1, 0.15) is 22.4 Å². The minimum Gasteiger partial charge on any atom is -0.471 e. The highest BCUT2D eigenvalue weighted by atomic mass is 32.2. The van der Waals surface area contributed by atoms with Crippen molar-refractivity contribution in [3.63, 3.8) is 0 Å². The van der Waals surface area contributed by atoms with Crippen LogP contribution in [0, 0.1) is 11.8 Å². The third-order valence-electron chi connectivity index (χ3n) is 8.08. The molecule has 4 fully saturated rings. The summed E-state index contributed by atoms with van der Waals surface area (Å²) in [6.07, 6.45) is -1.68. The predicted molar refractivity (Wildman–Crippen MR) is 139 cm³/mol. The van der Waals surface area contributed by atoms with Gasteiger partial charge in [0.05, 0.1) is 13.2 Å². The van der Waals surface area contributed by atoms with Gasteiger partial charge < -0.3 is 25.0 Å². The van der Waals surface area contributed by atoms with Gasteiger partial charge >= 0.3 is 6.18 Å². The standard InChI is InChI=1S/C25H32F3N7O4S/c26-25(27,28)21-12-31-24(33-23(21)39-19-5-8-38-15-19)32-18-3-6-35(7-4-18)40(36,37)20-1-2-22(30-11-20)34-13-16-9-29-10-17(16)14-34/h1-2,11-12,16-19,29H,3-10,13-15H2,(H,31,32,33)/t16?,17?,19-/m0/s1. The van der Waals surface area contributed by atoms with E-state index in [1.54, 1.807) is 12.1 Å². The lowest BCUT2D eigenvalue weighted by Crippen LogP contribution is -2.42. The average Bonchev–Trinajstić information content (AvgIpc) is 3.67. The molecule has 0 bridgehead atoms. The quantitative estimate of drug-likeness (QED) is 0.501. The van der Waals surface area contributed by atoms with Gasteiger partial charge in [0.15, 0.2) is 0 Å². The topological polar surface area (TPSA) is 122 Å². The van der Waals surface area contributed by atoms with Crippen molar-refractivity contribution in [1.82, 2.24) is 24.6 Å². The van der Waals surface area contributed by atoms with E-state index in [9.17, 15) is 21.6 Å². The molecule has 0 radical (unpaired) electrons. The lowest BCUT2D eigenvalue weighted by molar-refractivity contribution is -0.139. The Hall–Kier alpha value is -2.75. The molecule has 0 saturated carbocycles. The summed E-state index contributed by atoms with van der Waals surface area (Å²) in [5.74, 6) is 1.47. The van der Waals surface area contributed by atoms with Crippen LogP contribution in [0.1, 0.15) is 24.8 Å². The van der Waals surface area contributed by atoms with E-state index < -0.39 is 33.7 Å². The third-order valence-corrected chi connectivity index (χ3v) is 9.97. The third kappa shape index (κ3) is 5.69. The Balaban J connectivity index is 1.06. The smallest absolute Gasteiger partial charge is 0.423 e. The Morgan fingerprint density at radius 3 is 2.42 bits per heavy atom. The summed E-state index contributed by atoms with van der Waals surface area (Å²) in [6, 6.07) is 3.17. The summed E-state index contributed by atoms with van der Waals surface area (Å²) in [5.41, 5.74) is -1.05. The number of halogens is 3. The second kappa shape index (κ2) is 10.9. The molecule has 2 N–H and O–H groups in total. The van der Waals surface area contributed by atoms with Crippen LogP contribution in [-0.2, 0) is 20.9 Å². The number of alkyl halides is 3. The number of hydrogen-bond acceptors (Lipinski definition) is 10. The number of pyridine rings is 1. The fourth-order valence-corrected chi connectivity index (χ4v) is 7.23. The van der Waals surface area contributed by atoms with Gasteiger partial charge in [-0.15, -0.1) is 0 Å². The Bertz CT molecular complexity index is 1290. The molecule has 2 aromatic rings. The molecular weight excluding hydrogens is 551 g/mol. The molecule has 4 aliphatic rings. The molecule has 4 saturated heterocycles. The second-order valence-electron chi connectivity index (χ2n) is 10.8. The summed E-state index contributed by atoms with van der Waals surface area (Å²) in [6.45, 7) is 4.96. The van der Waals surface area contributed by atoms with Crippen LogP contribution >= 0.6 is 0 Å². The zero-order chi connectivity index (χ0) is 27.9. The molecule has 15 heteroatoms. The normalized spacial score (nSPS) is 26.3. The highest BCUT2D eigenvalue weighted by Gasteiger charge is 2.39. The monoisotopic (exact) mass is 583 g/mol. The van der Waals surface area contributed by atoms with Crippen molar-refractivity contribution in [3.05, 3.63) is 30.1 Å². The van der Waals surface area contributed by atoms with Crippen LogP contribution < -0.4 is 20.3 Å². The van der Waals surface area contributed by atoms with Gasteiger partial charge in [0, 0.05) is 64.1 Å². The molecule has 6 heterocycles. The van der Waals surface area contributed by atoms with Crippen molar-refractivity contribution in [2.45, 2.75) is 42.5 Å². The van der Waals surface area contributed by atoms with Crippen LogP contribution in [0.2, 0.25) is 0 Å². The van der Waals surface area contributed by atoms with Crippen LogP contribution in [0.3, 0.4) is 0 Å². The summed E-state index contributed by atoms with van der Waals surface area (Å²) in [5, 5.41) is 6.45. The van der Waals surface area contributed by atoms with Gasteiger partial charge in [0.25, 0.3) is 0 Å². The molecule has 2 aromatic heterocycles. The fourth-order valence-electron chi connectivity index (χ4n) is 5.81. The molecule has 0 amide bonds. The molecule has 11 nitrogen and oxygen atoms in total. The SMILES string of the molecule is O=S(=O)(c1ccc(N2CC3CNCC3C2)nc1)N1CCC(Nc2ncc(C(F)(F)F)c(O[C@H]3CCOC3)n2)CC1. The lowest BCUT2D eigenvalue weighted by atomic mass is 10.0. The van der Waals surface area contributed by atoms with Crippen molar-refractivity contribution in [1.29, 1.82) is 0 Å². The number of nitrogens with one attached hydrogen (secondary N) is 2. The van der Waals surface area contributed by atoms with E-state index >= 15 is 0 Å². The first-order valence-corrected chi connectivity index (χ1v) is 15.0. The Morgan fingerprint density at radius 1 is 1.05 bits per heavy atom. The van der Waals surface area contributed by atoms with Gasteiger partial charge in [-0.3, -0.25) is 0 Å². The fraction of sp³-hybridized carbons (Fsp3) is 0.640. The van der Waals surface area contributed by atoms with E-state index in [1.165, 1.54) is 10.5 Å². The van der Waals surface area contributed by atoms with E-state index in [2.05, 4.69) is 30.5 Å². The minimum atomic E-state index is -4.66. The van der Waals surface area contributed by atoms with Gasteiger partial charge in [-0.1, -0.05) is 0 Å². The maximum atomic E-state index is 13.5. The number of ether oxygens (including phenoxy) is 2. The van der Waals surface area contributed by atoms with Crippen molar-refractivity contribution in [3.8, 4) is 5.88 Å². The number of rotatable bonds is 7. The van der Waals surface area contributed by atoms with Crippen molar-refractivity contribution in [2.75, 3.05) is 62.7 Å². The molecule has 6 rings (SSSR count).